The van der Waals surface area contributed by atoms with Gasteiger partial charge < -0.3 is 5.32 Å². The number of nitrogens with zero attached hydrogens (tertiary/aromatic N) is 3. The second-order valence-electron chi connectivity index (χ2n) is 8.05. The summed E-state index contributed by atoms with van der Waals surface area (Å²) in [6.45, 7) is 6.36. The van der Waals surface area contributed by atoms with Crippen LogP contribution >= 0.6 is 0 Å². The van der Waals surface area contributed by atoms with Gasteiger partial charge in [0.25, 0.3) is 10.2 Å². The summed E-state index contributed by atoms with van der Waals surface area (Å²) in [6, 6.07) is 6.44. The lowest BCUT2D eigenvalue weighted by Crippen LogP contribution is -2.56. The predicted octanol–water partition coefficient (Wildman–Crippen LogP) is 1.95. The minimum Gasteiger partial charge on any atom is -0.325 e. The van der Waals surface area contributed by atoms with Gasteiger partial charge in [-0.25, -0.2) is 0 Å². The molecule has 0 aliphatic carbocycles. The van der Waals surface area contributed by atoms with Crippen molar-refractivity contribution in [1.29, 1.82) is 0 Å². The summed E-state index contributed by atoms with van der Waals surface area (Å²) in [5.41, 5.74) is 1.24. The van der Waals surface area contributed by atoms with Gasteiger partial charge in [0.05, 0.1) is 6.04 Å². The molecule has 1 unspecified atom stereocenters. The van der Waals surface area contributed by atoms with Gasteiger partial charge in [-0.1, -0.05) is 12.8 Å². The van der Waals surface area contributed by atoms with E-state index in [1.807, 2.05) is 11.8 Å². The summed E-state index contributed by atoms with van der Waals surface area (Å²) in [5.74, 6) is -0.163. The van der Waals surface area contributed by atoms with Crippen LogP contribution in [-0.4, -0.2) is 78.9 Å². The van der Waals surface area contributed by atoms with Gasteiger partial charge in [-0.15, -0.1) is 0 Å². The second-order valence-corrected chi connectivity index (χ2v) is 9.98. The van der Waals surface area contributed by atoms with Crippen LogP contribution in [0.5, 0.6) is 0 Å². The molecule has 1 aromatic rings. The number of anilines is 1. The van der Waals surface area contributed by atoms with E-state index in [1.165, 1.54) is 6.92 Å². The van der Waals surface area contributed by atoms with Gasteiger partial charge in [-0.05, 0) is 51.0 Å². The van der Waals surface area contributed by atoms with Crippen molar-refractivity contribution in [1.82, 2.24) is 13.5 Å². The Balaban J connectivity index is 1.53. The molecule has 0 radical (unpaired) electrons. The maximum Gasteiger partial charge on any atom is 0.282 e. The molecule has 1 atom stereocenters. The first-order chi connectivity index (χ1) is 14.3. The number of benzene rings is 1. The molecule has 1 N–H and O–H groups in total. The molecule has 30 heavy (non-hydrogen) atoms. The van der Waals surface area contributed by atoms with Crippen molar-refractivity contribution in [3.63, 3.8) is 0 Å². The molecule has 2 saturated heterocycles. The summed E-state index contributed by atoms with van der Waals surface area (Å²) < 4.78 is 29.1. The Kier molecular flexibility index (Phi) is 7.62. The molecule has 166 valence electrons. The lowest BCUT2D eigenvalue weighted by atomic mass is 10.1. The molecule has 0 spiro atoms. The Morgan fingerprint density at radius 1 is 0.867 bits per heavy atom. The molecule has 3 rings (SSSR count). The van der Waals surface area contributed by atoms with Crippen molar-refractivity contribution in [3.8, 4) is 0 Å². The molecule has 1 aromatic carbocycles. The van der Waals surface area contributed by atoms with E-state index in [1.54, 1.807) is 32.9 Å². The lowest BCUT2D eigenvalue weighted by Gasteiger charge is -2.38. The monoisotopic (exact) mass is 436 g/mol. The Morgan fingerprint density at radius 3 is 1.93 bits per heavy atom. The van der Waals surface area contributed by atoms with Gasteiger partial charge >= 0.3 is 0 Å². The van der Waals surface area contributed by atoms with Crippen molar-refractivity contribution in [3.05, 3.63) is 29.8 Å². The van der Waals surface area contributed by atoms with Crippen LogP contribution in [0.1, 0.15) is 49.9 Å². The maximum atomic E-state index is 13.0. The fraction of sp³-hybridized carbons (Fsp3) is 0.619. The SMILES string of the molecule is CC(=O)c1ccc(NC(=O)C(C)N2CCN(S(=O)(=O)N3CCCCCC3)CC2)cc1. The van der Waals surface area contributed by atoms with E-state index < -0.39 is 10.2 Å². The number of amides is 1. The molecule has 8 nitrogen and oxygen atoms in total. The topological polar surface area (TPSA) is 90.0 Å². The normalized spacial score (nSPS) is 21.0. The van der Waals surface area contributed by atoms with Gasteiger partial charge in [-0.2, -0.15) is 17.0 Å². The third-order valence-corrected chi connectivity index (χ3v) is 8.01. The minimum atomic E-state index is -3.43. The number of Topliss-reactive ketones (excluding diaryl/α,β-unsaturated/α-hetero) is 1. The molecule has 0 bridgehead atoms. The number of carbonyl (C=O) groups is 2. The van der Waals surface area contributed by atoms with Crippen LogP contribution in [0.4, 0.5) is 5.69 Å². The largest absolute Gasteiger partial charge is 0.325 e. The fourth-order valence-electron chi connectivity index (χ4n) is 3.96. The van der Waals surface area contributed by atoms with E-state index in [0.29, 0.717) is 50.5 Å². The first-order valence-corrected chi connectivity index (χ1v) is 12.1. The van der Waals surface area contributed by atoms with Crippen LogP contribution in [0.2, 0.25) is 0 Å². The lowest BCUT2D eigenvalue weighted by molar-refractivity contribution is -0.121. The van der Waals surface area contributed by atoms with Crippen LogP contribution in [0.15, 0.2) is 24.3 Å². The quantitative estimate of drug-likeness (QED) is 0.689. The van der Waals surface area contributed by atoms with E-state index in [0.717, 1.165) is 25.7 Å². The van der Waals surface area contributed by atoms with E-state index in [9.17, 15) is 18.0 Å². The van der Waals surface area contributed by atoms with Crippen LogP contribution in [0.25, 0.3) is 0 Å². The zero-order chi connectivity index (χ0) is 21.7. The van der Waals surface area contributed by atoms with Crippen LogP contribution in [0.3, 0.4) is 0 Å². The summed E-state index contributed by atoms with van der Waals surface area (Å²) in [5, 5.41) is 2.87. The summed E-state index contributed by atoms with van der Waals surface area (Å²) in [6.07, 6.45) is 4.02. The third-order valence-electron chi connectivity index (χ3n) is 5.98. The highest BCUT2D eigenvalue weighted by atomic mass is 32.2. The smallest absolute Gasteiger partial charge is 0.282 e. The highest BCUT2D eigenvalue weighted by Gasteiger charge is 2.34. The molecular formula is C21H32N4O4S. The average Bonchev–Trinajstić information content (AvgIpc) is 3.04. The van der Waals surface area contributed by atoms with Crippen molar-refractivity contribution in [2.24, 2.45) is 0 Å². The first-order valence-electron chi connectivity index (χ1n) is 10.7. The summed E-state index contributed by atoms with van der Waals surface area (Å²) >= 11 is 0. The standard InChI is InChI=1S/C21H32N4O4S/c1-17(21(27)22-20-9-7-19(8-10-20)18(2)26)23-13-15-25(16-14-23)30(28,29)24-11-5-3-4-6-12-24/h7-10,17H,3-6,11-16H2,1-2H3,(H,22,27). The van der Waals surface area contributed by atoms with Gasteiger partial charge in [0.1, 0.15) is 0 Å². The van der Waals surface area contributed by atoms with Crippen LogP contribution in [0, 0.1) is 0 Å². The summed E-state index contributed by atoms with van der Waals surface area (Å²) in [7, 11) is -3.43. The van der Waals surface area contributed by atoms with E-state index in [-0.39, 0.29) is 17.7 Å². The number of rotatable bonds is 6. The molecule has 1 amide bonds. The van der Waals surface area contributed by atoms with Gasteiger partial charge in [0.2, 0.25) is 5.91 Å². The van der Waals surface area contributed by atoms with Crippen LogP contribution in [-0.2, 0) is 15.0 Å². The van der Waals surface area contributed by atoms with Crippen molar-refractivity contribution >= 4 is 27.6 Å². The van der Waals surface area contributed by atoms with Crippen LogP contribution < -0.4 is 5.32 Å². The summed E-state index contributed by atoms with van der Waals surface area (Å²) in [4.78, 5) is 26.0. The Morgan fingerprint density at radius 2 is 1.40 bits per heavy atom. The number of hydrogen-bond acceptors (Lipinski definition) is 5. The van der Waals surface area contributed by atoms with E-state index >= 15 is 0 Å². The predicted molar refractivity (Wildman–Crippen MR) is 117 cm³/mol. The zero-order valence-electron chi connectivity index (χ0n) is 17.8. The van der Waals surface area contributed by atoms with Crippen molar-refractivity contribution in [2.75, 3.05) is 44.6 Å². The highest BCUT2D eigenvalue weighted by Crippen LogP contribution is 2.19. The number of piperazine rings is 1. The Bertz CT molecular complexity index is 840. The van der Waals surface area contributed by atoms with E-state index in [4.69, 9.17) is 0 Å². The van der Waals surface area contributed by atoms with Gasteiger partial charge in [-0.3, -0.25) is 14.5 Å². The van der Waals surface area contributed by atoms with Crippen molar-refractivity contribution < 1.29 is 18.0 Å². The Hall–Kier alpha value is -1.81. The number of carbonyl (C=O) groups excluding carboxylic acids is 2. The fourth-order valence-corrected chi connectivity index (χ4v) is 5.63. The first kappa shape index (κ1) is 22.9. The number of ketones is 1. The van der Waals surface area contributed by atoms with Crippen molar-refractivity contribution in [2.45, 2.75) is 45.6 Å². The number of nitrogens with one attached hydrogen (secondary N) is 1. The van der Waals surface area contributed by atoms with Gasteiger partial charge in [0.15, 0.2) is 5.78 Å². The maximum absolute atomic E-state index is 13.0. The third kappa shape index (κ3) is 5.46. The van der Waals surface area contributed by atoms with E-state index in [2.05, 4.69) is 5.32 Å². The van der Waals surface area contributed by atoms with Gasteiger partial charge in [0, 0.05) is 50.5 Å². The zero-order valence-corrected chi connectivity index (χ0v) is 18.7. The molecule has 2 aliphatic heterocycles. The molecule has 9 heteroatoms. The molecule has 2 aliphatic rings. The molecule has 2 fully saturated rings. The number of hydrogen-bond donors (Lipinski definition) is 1. The molecular weight excluding hydrogens is 404 g/mol. The Labute approximate surface area is 179 Å². The minimum absolute atomic E-state index is 0.0192. The highest BCUT2D eigenvalue weighted by molar-refractivity contribution is 7.86. The second kappa shape index (κ2) is 10.00. The molecule has 2 heterocycles. The molecule has 0 aromatic heterocycles. The molecule has 0 saturated carbocycles. The average molecular weight is 437 g/mol.